The maximum Gasteiger partial charge on any atom is 0.256 e. The Morgan fingerprint density at radius 2 is 1.63 bits per heavy atom. The normalized spacial score (nSPS) is 10.9. The van der Waals surface area contributed by atoms with Gasteiger partial charge in [0.25, 0.3) is 5.91 Å². The molecule has 35 heavy (non-hydrogen) atoms. The van der Waals surface area contributed by atoms with Crippen LogP contribution in [0.4, 0.5) is 10.1 Å². The number of methoxy groups -OCH3 is 2. The van der Waals surface area contributed by atoms with Crippen molar-refractivity contribution in [1.29, 1.82) is 0 Å². The number of rotatable bonds is 8. The summed E-state index contributed by atoms with van der Waals surface area (Å²) in [4.78, 5) is 17.6. The molecule has 178 valence electrons. The minimum atomic E-state index is -0.196. The van der Waals surface area contributed by atoms with Gasteiger partial charge in [0.2, 0.25) is 5.13 Å². The van der Waals surface area contributed by atoms with Gasteiger partial charge in [-0.05, 0) is 38.1 Å². The summed E-state index contributed by atoms with van der Waals surface area (Å²) in [6.45, 7) is 4.01. The fraction of sp³-hybridized carbons (Fsp3) is 0.148. The zero-order valence-corrected chi connectivity index (χ0v) is 20.8. The molecule has 0 aliphatic heterocycles. The van der Waals surface area contributed by atoms with Crippen LogP contribution in [-0.4, -0.2) is 31.3 Å². The fourth-order valence-corrected chi connectivity index (χ4v) is 4.24. The van der Waals surface area contributed by atoms with E-state index in [9.17, 15) is 4.79 Å². The summed E-state index contributed by atoms with van der Waals surface area (Å²) in [6, 6.07) is 21.0. The maximum absolute atomic E-state index is 12.9. The van der Waals surface area contributed by atoms with Gasteiger partial charge in [-0.25, -0.2) is 4.98 Å². The first kappa shape index (κ1) is 24.0. The Morgan fingerprint density at radius 1 is 0.943 bits per heavy atom. The average Bonchev–Trinajstić information content (AvgIpc) is 3.26. The molecular weight excluding hydrogens is 460 g/mol. The third kappa shape index (κ3) is 5.67. The lowest BCUT2D eigenvalue weighted by molar-refractivity contribution is 0.102. The number of nitrogens with zero attached hydrogens (tertiary/aromatic N) is 2. The van der Waals surface area contributed by atoms with Gasteiger partial charge in [0.1, 0.15) is 10.7 Å². The molecule has 0 aliphatic rings. The van der Waals surface area contributed by atoms with Crippen LogP contribution in [0.5, 0.6) is 11.5 Å². The van der Waals surface area contributed by atoms with Crippen LogP contribution >= 0.6 is 11.3 Å². The van der Waals surface area contributed by atoms with E-state index in [-0.39, 0.29) is 5.91 Å². The van der Waals surface area contributed by atoms with Gasteiger partial charge in [0, 0.05) is 16.7 Å². The zero-order chi connectivity index (χ0) is 24.8. The zero-order valence-electron chi connectivity index (χ0n) is 20.0. The quantitative estimate of drug-likeness (QED) is 0.231. The molecular formula is C27H26N4O3S. The number of aryl methyl sites for hydroxylation is 2. The van der Waals surface area contributed by atoms with Gasteiger partial charge in [-0.15, -0.1) is 0 Å². The summed E-state index contributed by atoms with van der Waals surface area (Å²) in [5.74, 6) is 1.01. The number of amides is 1. The Hall–Kier alpha value is -4.17. The second-order valence-corrected chi connectivity index (χ2v) is 8.83. The van der Waals surface area contributed by atoms with Crippen molar-refractivity contribution in [3.05, 3.63) is 89.0 Å². The van der Waals surface area contributed by atoms with Gasteiger partial charge < -0.3 is 14.8 Å². The van der Waals surface area contributed by atoms with E-state index in [1.165, 1.54) is 11.3 Å². The Labute approximate surface area is 208 Å². The van der Waals surface area contributed by atoms with E-state index in [1.54, 1.807) is 20.4 Å². The Morgan fingerprint density at radius 3 is 2.29 bits per heavy atom. The molecule has 0 aliphatic carbocycles. The maximum atomic E-state index is 12.9. The van der Waals surface area contributed by atoms with Gasteiger partial charge in [0.15, 0.2) is 11.5 Å². The molecule has 7 nitrogen and oxygen atoms in total. The Balaban J connectivity index is 1.61. The number of anilines is 2. The number of hydrazone groups is 1. The second-order valence-electron chi connectivity index (χ2n) is 7.84. The summed E-state index contributed by atoms with van der Waals surface area (Å²) >= 11 is 1.31. The smallest absolute Gasteiger partial charge is 0.256 e. The van der Waals surface area contributed by atoms with Gasteiger partial charge in [-0.3, -0.25) is 10.2 Å². The SMILES string of the molecule is COc1cccc(/C=N\Nc2nc(-c3ccc(C)cc3)c(NC(=O)c3ccc(C)cc3)s2)c1OC. The molecule has 0 bridgehead atoms. The Kier molecular flexibility index (Phi) is 7.42. The van der Waals surface area contributed by atoms with E-state index in [4.69, 9.17) is 14.5 Å². The molecule has 1 heterocycles. The summed E-state index contributed by atoms with van der Waals surface area (Å²) < 4.78 is 10.8. The lowest BCUT2D eigenvalue weighted by atomic mass is 10.1. The minimum absolute atomic E-state index is 0.196. The molecule has 0 unspecified atom stereocenters. The second kappa shape index (κ2) is 10.8. The molecule has 4 rings (SSSR count). The highest BCUT2D eigenvalue weighted by molar-refractivity contribution is 7.20. The van der Waals surface area contributed by atoms with Crippen LogP contribution in [0.3, 0.4) is 0 Å². The van der Waals surface area contributed by atoms with Crippen LogP contribution in [0.25, 0.3) is 11.3 Å². The third-order valence-corrected chi connectivity index (χ3v) is 6.17. The molecule has 8 heteroatoms. The molecule has 2 N–H and O–H groups in total. The van der Waals surface area contributed by atoms with E-state index >= 15 is 0 Å². The lowest BCUT2D eigenvalue weighted by Gasteiger charge is -2.09. The fourth-order valence-electron chi connectivity index (χ4n) is 3.41. The van der Waals surface area contributed by atoms with Crippen molar-refractivity contribution in [3.8, 4) is 22.8 Å². The van der Waals surface area contributed by atoms with Crippen LogP contribution in [-0.2, 0) is 0 Å². The molecule has 4 aromatic rings. The van der Waals surface area contributed by atoms with Gasteiger partial charge in [-0.1, -0.05) is 64.9 Å². The van der Waals surface area contributed by atoms with Crippen molar-refractivity contribution in [2.45, 2.75) is 13.8 Å². The molecule has 3 aromatic carbocycles. The standard InChI is InChI=1S/C27H26N4O3S/c1-17-8-12-19(13-9-17)23-26(30-25(32)20-14-10-18(2)11-15-20)35-27(29-23)31-28-16-21-6-5-7-22(33-3)24(21)34-4/h5-16H,1-4H3,(H,29,31)(H,30,32)/b28-16-. The molecule has 0 atom stereocenters. The van der Waals surface area contributed by atoms with Crippen molar-refractivity contribution in [3.63, 3.8) is 0 Å². The first-order valence-electron chi connectivity index (χ1n) is 10.9. The van der Waals surface area contributed by atoms with Crippen LogP contribution < -0.4 is 20.2 Å². The number of ether oxygens (including phenoxy) is 2. The van der Waals surface area contributed by atoms with Crippen LogP contribution in [0.15, 0.2) is 71.8 Å². The number of thiazole rings is 1. The van der Waals surface area contributed by atoms with E-state index in [0.717, 1.165) is 22.3 Å². The number of nitrogens with one attached hydrogen (secondary N) is 2. The minimum Gasteiger partial charge on any atom is -0.493 e. The predicted octanol–water partition coefficient (Wildman–Crippen LogP) is 6.14. The molecule has 0 spiro atoms. The Bertz CT molecular complexity index is 1350. The van der Waals surface area contributed by atoms with Crippen molar-refractivity contribution < 1.29 is 14.3 Å². The summed E-state index contributed by atoms with van der Waals surface area (Å²) in [5.41, 5.74) is 8.12. The number of hydrogen-bond acceptors (Lipinski definition) is 7. The van der Waals surface area contributed by atoms with Crippen molar-refractivity contribution in [2.24, 2.45) is 5.10 Å². The van der Waals surface area contributed by atoms with Crippen molar-refractivity contribution >= 4 is 33.6 Å². The molecule has 1 aromatic heterocycles. The molecule has 0 radical (unpaired) electrons. The third-order valence-electron chi connectivity index (χ3n) is 5.29. The molecule has 0 saturated carbocycles. The van der Waals surface area contributed by atoms with E-state index in [2.05, 4.69) is 15.8 Å². The van der Waals surface area contributed by atoms with E-state index in [0.29, 0.717) is 32.9 Å². The first-order valence-corrected chi connectivity index (χ1v) is 11.8. The van der Waals surface area contributed by atoms with Crippen LogP contribution in [0.1, 0.15) is 27.0 Å². The highest BCUT2D eigenvalue weighted by Gasteiger charge is 2.17. The monoisotopic (exact) mass is 486 g/mol. The lowest BCUT2D eigenvalue weighted by Crippen LogP contribution is -2.11. The van der Waals surface area contributed by atoms with Crippen LogP contribution in [0, 0.1) is 13.8 Å². The van der Waals surface area contributed by atoms with Crippen molar-refractivity contribution in [2.75, 3.05) is 25.0 Å². The van der Waals surface area contributed by atoms with E-state index < -0.39 is 0 Å². The number of aromatic nitrogens is 1. The number of hydrogen-bond donors (Lipinski definition) is 2. The van der Waals surface area contributed by atoms with E-state index in [1.807, 2.05) is 80.6 Å². The molecule has 1 amide bonds. The number of carbonyl (C=O) groups is 1. The molecule has 0 fully saturated rings. The number of carbonyl (C=O) groups excluding carboxylic acids is 1. The number of benzene rings is 3. The first-order chi connectivity index (χ1) is 17.0. The van der Waals surface area contributed by atoms with Crippen LogP contribution in [0.2, 0.25) is 0 Å². The highest BCUT2D eigenvalue weighted by atomic mass is 32.1. The summed E-state index contributed by atoms with van der Waals surface area (Å²) in [5, 5.41) is 8.51. The van der Waals surface area contributed by atoms with Gasteiger partial charge in [0.05, 0.1) is 20.4 Å². The average molecular weight is 487 g/mol. The predicted molar refractivity (Wildman–Crippen MR) is 142 cm³/mol. The number of para-hydroxylation sites is 1. The summed E-state index contributed by atoms with van der Waals surface area (Å²) in [7, 11) is 3.17. The topological polar surface area (TPSA) is 84.8 Å². The van der Waals surface area contributed by atoms with Gasteiger partial charge >= 0.3 is 0 Å². The summed E-state index contributed by atoms with van der Waals surface area (Å²) in [6.07, 6.45) is 1.64. The molecule has 0 saturated heterocycles. The largest absolute Gasteiger partial charge is 0.493 e. The van der Waals surface area contributed by atoms with Crippen molar-refractivity contribution in [1.82, 2.24) is 4.98 Å². The highest BCUT2D eigenvalue weighted by Crippen LogP contribution is 2.36. The van der Waals surface area contributed by atoms with Gasteiger partial charge in [-0.2, -0.15) is 5.10 Å².